The monoisotopic (exact) mass is 332 g/mol. The first kappa shape index (κ1) is 16.4. The van der Waals surface area contributed by atoms with Crippen LogP contribution < -0.4 is 15.4 Å². The van der Waals surface area contributed by atoms with E-state index in [2.05, 4.69) is 10.6 Å². The standard InChI is InChI=1S/C14H18Cl2N2O3/c1-20-5-6-21-13-10(15)7-9(8-11(13)16)18-14(19)12-3-2-4-17-12/h7-8,12,17H,2-6H2,1H3,(H,18,19)/t12-/m1/s1. The Hall–Kier alpha value is -1.01. The van der Waals surface area contributed by atoms with Gasteiger partial charge in [-0.05, 0) is 31.5 Å². The van der Waals surface area contributed by atoms with Crippen LogP contribution in [0.15, 0.2) is 12.1 Å². The maximum absolute atomic E-state index is 12.0. The number of anilines is 1. The third kappa shape index (κ3) is 4.48. The Morgan fingerprint density at radius 2 is 2.10 bits per heavy atom. The number of nitrogens with one attached hydrogen (secondary N) is 2. The molecule has 0 unspecified atom stereocenters. The third-order valence-corrected chi connectivity index (χ3v) is 3.74. The van der Waals surface area contributed by atoms with Crippen molar-refractivity contribution in [3.63, 3.8) is 0 Å². The topological polar surface area (TPSA) is 59.6 Å². The average Bonchev–Trinajstić information content (AvgIpc) is 2.96. The third-order valence-electron chi connectivity index (χ3n) is 3.18. The molecule has 1 aromatic carbocycles. The minimum atomic E-state index is -0.153. The van der Waals surface area contributed by atoms with Crippen LogP contribution in [0.2, 0.25) is 10.0 Å². The molecule has 0 aliphatic carbocycles. The highest BCUT2D eigenvalue weighted by Crippen LogP contribution is 2.36. The van der Waals surface area contributed by atoms with Gasteiger partial charge in [0, 0.05) is 12.8 Å². The lowest BCUT2D eigenvalue weighted by molar-refractivity contribution is -0.117. The zero-order valence-corrected chi connectivity index (χ0v) is 13.3. The van der Waals surface area contributed by atoms with E-state index in [-0.39, 0.29) is 11.9 Å². The second-order valence-electron chi connectivity index (χ2n) is 4.75. The molecule has 2 rings (SSSR count). The quantitative estimate of drug-likeness (QED) is 0.786. The first-order valence-electron chi connectivity index (χ1n) is 6.77. The number of carbonyl (C=O) groups excluding carboxylic acids is 1. The molecule has 2 N–H and O–H groups in total. The molecular weight excluding hydrogens is 315 g/mol. The van der Waals surface area contributed by atoms with Crippen molar-refractivity contribution in [1.29, 1.82) is 0 Å². The molecule has 5 nitrogen and oxygen atoms in total. The Bertz CT molecular complexity index is 482. The second kappa shape index (κ2) is 7.84. The van der Waals surface area contributed by atoms with Gasteiger partial charge in [-0.1, -0.05) is 23.2 Å². The molecule has 0 saturated carbocycles. The van der Waals surface area contributed by atoms with Gasteiger partial charge in [-0.15, -0.1) is 0 Å². The van der Waals surface area contributed by atoms with E-state index in [0.29, 0.717) is 34.7 Å². The molecule has 1 heterocycles. The molecule has 1 aromatic rings. The summed E-state index contributed by atoms with van der Waals surface area (Å²) in [6.45, 7) is 1.66. The summed E-state index contributed by atoms with van der Waals surface area (Å²) < 4.78 is 10.4. The predicted octanol–water partition coefficient (Wildman–Crippen LogP) is 2.71. The van der Waals surface area contributed by atoms with Crippen LogP contribution in [0.25, 0.3) is 0 Å². The van der Waals surface area contributed by atoms with Crippen molar-refractivity contribution in [1.82, 2.24) is 5.32 Å². The van der Waals surface area contributed by atoms with Gasteiger partial charge in [-0.25, -0.2) is 0 Å². The number of hydrogen-bond acceptors (Lipinski definition) is 4. The van der Waals surface area contributed by atoms with E-state index in [0.717, 1.165) is 19.4 Å². The van der Waals surface area contributed by atoms with Crippen LogP contribution in [0.1, 0.15) is 12.8 Å². The highest BCUT2D eigenvalue weighted by atomic mass is 35.5. The summed E-state index contributed by atoms with van der Waals surface area (Å²) >= 11 is 12.3. The number of rotatable bonds is 6. The van der Waals surface area contributed by atoms with Crippen LogP contribution in [-0.2, 0) is 9.53 Å². The summed E-state index contributed by atoms with van der Waals surface area (Å²) in [4.78, 5) is 12.0. The second-order valence-corrected chi connectivity index (χ2v) is 5.56. The normalized spacial score (nSPS) is 17.8. The Morgan fingerprint density at radius 1 is 1.38 bits per heavy atom. The van der Waals surface area contributed by atoms with Crippen LogP contribution in [0, 0.1) is 0 Å². The molecule has 1 saturated heterocycles. The number of carbonyl (C=O) groups is 1. The van der Waals surface area contributed by atoms with Crippen LogP contribution in [0.5, 0.6) is 5.75 Å². The number of hydrogen-bond donors (Lipinski definition) is 2. The zero-order valence-electron chi connectivity index (χ0n) is 11.7. The molecule has 0 radical (unpaired) electrons. The SMILES string of the molecule is COCCOc1c(Cl)cc(NC(=O)[C@H]2CCCN2)cc1Cl. The number of benzene rings is 1. The van der Waals surface area contributed by atoms with Gasteiger partial charge in [0.15, 0.2) is 5.75 Å². The Morgan fingerprint density at radius 3 is 2.67 bits per heavy atom. The van der Waals surface area contributed by atoms with Crippen molar-refractivity contribution in [2.24, 2.45) is 0 Å². The van der Waals surface area contributed by atoms with Gasteiger partial charge < -0.3 is 20.1 Å². The molecule has 1 atom stereocenters. The fourth-order valence-electron chi connectivity index (χ4n) is 2.13. The molecule has 1 aliphatic rings. The largest absolute Gasteiger partial charge is 0.488 e. The van der Waals surface area contributed by atoms with Crippen molar-refractivity contribution < 1.29 is 14.3 Å². The minimum absolute atomic E-state index is 0.0762. The molecule has 0 spiro atoms. The molecule has 1 aliphatic heterocycles. The summed E-state index contributed by atoms with van der Waals surface area (Å²) in [7, 11) is 1.59. The van der Waals surface area contributed by atoms with Crippen molar-refractivity contribution in [2.45, 2.75) is 18.9 Å². The highest BCUT2D eigenvalue weighted by Gasteiger charge is 2.22. The lowest BCUT2D eigenvalue weighted by Gasteiger charge is -2.14. The molecule has 1 amide bonds. The van der Waals surface area contributed by atoms with E-state index in [1.165, 1.54) is 0 Å². The van der Waals surface area contributed by atoms with Crippen molar-refractivity contribution in [3.05, 3.63) is 22.2 Å². The van der Waals surface area contributed by atoms with Gasteiger partial charge in [0.25, 0.3) is 0 Å². The molecule has 1 fully saturated rings. The van der Waals surface area contributed by atoms with E-state index >= 15 is 0 Å². The number of ether oxygens (including phenoxy) is 2. The van der Waals surface area contributed by atoms with Crippen LogP contribution >= 0.6 is 23.2 Å². The van der Waals surface area contributed by atoms with Crippen molar-refractivity contribution in [2.75, 3.05) is 32.2 Å². The van der Waals surface area contributed by atoms with E-state index in [1.54, 1.807) is 19.2 Å². The molecule has 7 heteroatoms. The van der Waals surface area contributed by atoms with Gasteiger partial charge in [0.1, 0.15) is 6.61 Å². The summed E-state index contributed by atoms with van der Waals surface area (Å²) in [6, 6.07) is 3.10. The Kier molecular flexibility index (Phi) is 6.11. The van der Waals surface area contributed by atoms with Gasteiger partial charge in [0.05, 0.1) is 22.7 Å². The summed E-state index contributed by atoms with van der Waals surface area (Å²) in [6.07, 6.45) is 1.84. The lowest BCUT2D eigenvalue weighted by atomic mass is 10.2. The Balaban J connectivity index is 2.02. The first-order valence-corrected chi connectivity index (χ1v) is 7.52. The summed E-state index contributed by atoms with van der Waals surface area (Å²) in [5.41, 5.74) is 0.558. The highest BCUT2D eigenvalue weighted by molar-refractivity contribution is 6.37. The smallest absolute Gasteiger partial charge is 0.241 e. The molecular formula is C14H18Cl2N2O3. The predicted molar refractivity (Wildman–Crippen MR) is 83.5 cm³/mol. The van der Waals surface area contributed by atoms with Crippen molar-refractivity contribution >= 4 is 34.8 Å². The number of halogens is 2. The van der Waals surface area contributed by atoms with Gasteiger partial charge >= 0.3 is 0 Å². The number of amides is 1. The van der Waals surface area contributed by atoms with Gasteiger partial charge in [0.2, 0.25) is 5.91 Å². The van der Waals surface area contributed by atoms with Crippen LogP contribution in [0.4, 0.5) is 5.69 Å². The summed E-state index contributed by atoms with van der Waals surface area (Å²) in [5.74, 6) is 0.319. The average molecular weight is 333 g/mol. The Labute approximate surface area is 133 Å². The van der Waals surface area contributed by atoms with Crippen LogP contribution in [-0.4, -0.2) is 38.8 Å². The lowest BCUT2D eigenvalue weighted by Crippen LogP contribution is -2.35. The van der Waals surface area contributed by atoms with E-state index < -0.39 is 0 Å². The number of methoxy groups -OCH3 is 1. The van der Waals surface area contributed by atoms with E-state index in [1.807, 2.05) is 0 Å². The maximum atomic E-state index is 12.0. The van der Waals surface area contributed by atoms with Crippen molar-refractivity contribution in [3.8, 4) is 5.75 Å². The van der Waals surface area contributed by atoms with Crippen LogP contribution in [0.3, 0.4) is 0 Å². The zero-order chi connectivity index (χ0) is 15.2. The molecule has 0 bridgehead atoms. The molecule has 0 aromatic heterocycles. The van der Waals surface area contributed by atoms with Gasteiger partial charge in [-0.2, -0.15) is 0 Å². The summed E-state index contributed by atoms with van der Waals surface area (Å²) in [5, 5.41) is 6.65. The fourth-order valence-corrected chi connectivity index (χ4v) is 2.73. The first-order chi connectivity index (χ1) is 10.1. The minimum Gasteiger partial charge on any atom is -0.488 e. The van der Waals surface area contributed by atoms with E-state index in [9.17, 15) is 4.79 Å². The van der Waals surface area contributed by atoms with Gasteiger partial charge in [-0.3, -0.25) is 4.79 Å². The fraction of sp³-hybridized carbons (Fsp3) is 0.500. The molecule has 116 valence electrons. The molecule has 21 heavy (non-hydrogen) atoms. The van der Waals surface area contributed by atoms with E-state index in [4.69, 9.17) is 32.7 Å². The maximum Gasteiger partial charge on any atom is 0.241 e.